The molecule has 144 valence electrons. The average Bonchev–Trinajstić information content (AvgIpc) is 2.78. The van der Waals surface area contributed by atoms with Gasteiger partial charge in [0, 0.05) is 57.6 Å². The van der Waals surface area contributed by atoms with Gasteiger partial charge in [0.05, 0.1) is 12.1 Å². The molecule has 1 aromatic rings. The van der Waals surface area contributed by atoms with Crippen LogP contribution in [-0.2, 0) is 22.7 Å². The molecule has 4 heterocycles. The number of aryl methyl sites for hydroxylation is 1. The number of aromatic nitrogens is 2. The van der Waals surface area contributed by atoms with Gasteiger partial charge < -0.3 is 9.80 Å². The SMILES string of the molecule is CCCn1ncc(CN2C[C@@H]3CC[C@H](C2)N(CC(=O)N(C)C)C3=O)c1C. The molecule has 3 fully saturated rings. The Labute approximate surface area is 155 Å². The Balaban J connectivity index is 1.71. The number of nitrogens with zero attached hydrogens (tertiary/aromatic N) is 5. The molecular formula is C19H31N5O2. The minimum Gasteiger partial charge on any atom is -0.347 e. The zero-order valence-electron chi connectivity index (χ0n) is 16.4. The lowest BCUT2D eigenvalue weighted by Gasteiger charge is -2.36. The van der Waals surface area contributed by atoms with Crippen molar-refractivity contribution in [1.29, 1.82) is 0 Å². The molecule has 0 aliphatic carbocycles. The number of likely N-dealkylation sites (N-methyl/N-ethyl adjacent to an activating group) is 1. The van der Waals surface area contributed by atoms with Gasteiger partial charge in [-0.25, -0.2) is 0 Å². The summed E-state index contributed by atoms with van der Waals surface area (Å²) in [4.78, 5) is 30.7. The molecule has 3 aliphatic rings. The highest BCUT2D eigenvalue weighted by atomic mass is 16.2. The second-order valence-electron chi connectivity index (χ2n) is 7.85. The topological polar surface area (TPSA) is 61.7 Å². The van der Waals surface area contributed by atoms with E-state index >= 15 is 0 Å². The van der Waals surface area contributed by atoms with Gasteiger partial charge in [-0.05, 0) is 26.2 Å². The van der Waals surface area contributed by atoms with Gasteiger partial charge in [-0.1, -0.05) is 6.92 Å². The van der Waals surface area contributed by atoms with Crippen LogP contribution in [0.15, 0.2) is 6.20 Å². The minimum absolute atomic E-state index is 0.00543. The maximum absolute atomic E-state index is 12.8. The second-order valence-corrected chi connectivity index (χ2v) is 7.85. The third kappa shape index (κ3) is 3.77. The molecule has 0 N–H and O–H groups in total. The zero-order chi connectivity index (χ0) is 18.8. The standard InChI is InChI=1S/C19H31N5O2/c1-5-8-24-14(2)16(9-20-24)11-22-10-15-6-7-17(12-22)23(19(15)26)13-18(25)21(3)4/h9,15,17H,5-8,10-13H2,1-4H3/t15-,17+/m0/s1. The summed E-state index contributed by atoms with van der Waals surface area (Å²) < 4.78 is 2.06. The summed E-state index contributed by atoms with van der Waals surface area (Å²) in [6.45, 7) is 7.86. The smallest absolute Gasteiger partial charge is 0.241 e. The van der Waals surface area contributed by atoms with Crippen LogP contribution in [0, 0.1) is 12.8 Å². The Hall–Kier alpha value is -1.89. The normalized spacial score (nSPS) is 23.4. The molecule has 3 aliphatic heterocycles. The molecule has 7 heteroatoms. The fourth-order valence-electron chi connectivity index (χ4n) is 4.07. The van der Waals surface area contributed by atoms with E-state index in [1.807, 2.05) is 11.1 Å². The lowest BCUT2D eigenvalue weighted by molar-refractivity contribution is -0.145. The number of piperidine rings is 1. The summed E-state index contributed by atoms with van der Waals surface area (Å²) in [5.41, 5.74) is 2.46. The second kappa shape index (κ2) is 7.78. The number of hydrogen-bond acceptors (Lipinski definition) is 4. The number of carbonyl (C=O) groups is 2. The van der Waals surface area contributed by atoms with Crippen molar-refractivity contribution >= 4 is 11.8 Å². The molecule has 7 nitrogen and oxygen atoms in total. The van der Waals surface area contributed by atoms with E-state index in [0.717, 1.165) is 45.4 Å². The third-order valence-corrected chi connectivity index (χ3v) is 5.71. The number of fused-ring (bicyclic) bond motifs is 4. The number of rotatable bonds is 6. The molecule has 0 aromatic carbocycles. The molecule has 1 aromatic heterocycles. The fourth-order valence-corrected chi connectivity index (χ4v) is 4.07. The fraction of sp³-hybridized carbons (Fsp3) is 0.737. The number of carbonyl (C=O) groups excluding carboxylic acids is 2. The van der Waals surface area contributed by atoms with Crippen LogP contribution in [0.3, 0.4) is 0 Å². The van der Waals surface area contributed by atoms with Gasteiger partial charge in [-0.2, -0.15) is 5.10 Å². The summed E-state index contributed by atoms with van der Waals surface area (Å²) >= 11 is 0. The highest BCUT2D eigenvalue weighted by Gasteiger charge is 2.41. The first-order valence-electron chi connectivity index (χ1n) is 9.65. The monoisotopic (exact) mass is 361 g/mol. The first kappa shape index (κ1) is 18.9. The van der Waals surface area contributed by atoms with E-state index in [1.54, 1.807) is 19.0 Å². The van der Waals surface area contributed by atoms with Crippen LogP contribution in [0.2, 0.25) is 0 Å². The van der Waals surface area contributed by atoms with Crippen molar-refractivity contribution in [3.05, 3.63) is 17.5 Å². The number of amides is 2. The van der Waals surface area contributed by atoms with Gasteiger partial charge in [-0.15, -0.1) is 0 Å². The van der Waals surface area contributed by atoms with E-state index in [0.29, 0.717) is 0 Å². The first-order chi connectivity index (χ1) is 12.4. The molecule has 0 unspecified atom stereocenters. The first-order valence-corrected chi connectivity index (χ1v) is 9.65. The molecular weight excluding hydrogens is 330 g/mol. The molecule has 0 saturated carbocycles. The lowest BCUT2D eigenvalue weighted by atomic mass is 9.94. The van der Waals surface area contributed by atoms with E-state index in [2.05, 4.69) is 28.5 Å². The summed E-state index contributed by atoms with van der Waals surface area (Å²) in [5, 5.41) is 4.50. The van der Waals surface area contributed by atoms with Crippen LogP contribution in [0.25, 0.3) is 0 Å². The lowest BCUT2D eigenvalue weighted by Crippen LogP contribution is -2.51. The van der Waals surface area contributed by atoms with Gasteiger partial charge in [0.15, 0.2) is 0 Å². The average molecular weight is 361 g/mol. The maximum atomic E-state index is 12.8. The van der Waals surface area contributed by atoms with E-state index in [9.17, 15) is 9.59 Å². The van der Waals surface area contributed by atoms with Gasteiger partial charge in [0.2, 0.25) is 11.8 Å². The molecule has 2 amide bonds. The van der Waals surface area contributed by atoms with Crippen molar-refractivity contribution in [1.82, 2.24) is 24.5 Å². The highest BCUT2D eigenvalue weighted by molar-refractivity contribution is 5.86. The van der Waals surface area contributed by atoms with Gasteiger partial charge in [0.1, 0.15) is 6.54 Å². The third-order valence-electron chi connectivity index (χ3n) is 5.71. The quantitative estimate of drug-likeness (QED) is 0.762. The zero-order valence-corrected chi connectivity index (χ0v) is 16.4. The summed E-state index contributed by atoms with van der Waals surface area (Å²) in [6.07, 6.45) is 4.95. The van der Waals surface area contributed by atoms with Crippen molar-refractivity contribution in [3.8, 4) is 0 Å². The van der Waals surface area contributed by atoms with Crippen molar-refractivity contribution in [2.75, 3.05) is 33.7 Å². The van der Waals surface area contributed by atoms with E-state index in [1.165, 1.54) is 11.3 Å². The predicted molar refractivity (Wildman–Crippen MR) is 99.5 cm³/mol. The molecule has 26 heavy (non-hydrogen) atoms. The summed E-state index contributed by atoms with van der Waals surface area (Å²) in [5.74, 6) is 0.154. The Morgan fingerprint density at radius 2 is 2.08 bits per heavy atom. The Bertz CT molecular complexity index is 669. The Morgan fingerprint density at radius 1 is 1.31 bits per heavy atom. The van der Waals surface area contributed by atoms with E-state index in [-0.39, 0.29) is 30.3 Å². The summed E-state index contributed by atoms with van der Waals surface area (Å²) in [6, 6.07) is 0.135. The molecule has 0 radical (unpaired) electrons. The molecule has 4 rings (SSSR count). The van der Waals surface area contributed by atoms with Gasteiger partial charge >= 0.3 is 0 Å². The van der Waals surface area contributed by atoms with Crippen molar-refractivity contribution in [2.45, 2.75) is 52.2 Å². The van der Waals surface area contributed by atoms with Crippen molar-refractivity contribution in [2.24, 2.45) is 5.92 Å². The minimum atomic E-state index is -0.00543. The van der Waals surface area contributed by atoms with Crippen LogP contribution in [0.4, 0.5) is 0 Å². The van der Waals surface area contributed by atoms with Crippen LogP contribution in [0.1, 0.15) is 37.4 Å². The number of hydrogen-bond donors (Lipinski definition) is 0. The summed E-state index contributed by atoms with van der Waals surface area (Å²) in [7, 11) is 3.48. The highest BCUT2D eigenvalue weighted by Crippen LogP contribution is 2.30. The van der Waals surface area contributed by atoms with Crippen LogP contribution in [0.5, 0.6) is 0 Å². The van der Waals surface area contributed by atoms with Crippen LogP contribution < -0.4 is 0 Å². The van der Waals surface area contributed by atoms with Gasteiger partial charge in [-0.3, -0.25) is 19.2 Å². The van der Waals surface area contributed by atoms with Gasteiger partial charge in [0.25, 0.3) is 0 Å². The largest absolute Gasteiger partial charge is 0.347 e. The van der Waals surface area contributed by atoms with Crippen molar-refractivity contribution < 1.29 is 9.59 Å². The Morgan fingerprint density at radius 3 is 2.77 bits per heavy atom. The molecule has 2 atom stereocenters. The maximum Gasteiger partial charge on any atom is 0.241 e. The van der Waals surface area contributed by atoms with E-state index < -0.39 is 0 Å². The predicted octanol–water partition coefficient (Wildman–Crippen LogP) is 1.11. The van der Waals surface area contributed by atoms with Crippen LogP contribution >= 0.6 is 0 Å². The van der Waals surface area contributed by atoms with E-state index in [4.69, 9.17) is 0 Å². The molecule has 3 saturated heterocycles. The van der Waals surface area contributed by atoms with Crippen molar-refractivity contribution in [3.63, 3.8) is 0 Å². The molecule has 0 spiro atoms. The molecule has 2 bridgehead atoms. The Kier molecular flexibility index (Phi) is 5.65. The van der Waals surface area contributed by atoms with Crippen LogP contribution in [-0.4, -0.2) is 76.1 Å².